The Morgan fingerprint density at radius 2 is 1.50 bits per heavy atom. The van der Waals surface area contributed by atoms with E-state index in [1.807, 2.05) is 26.1 Å². The molecule has 174 valence electrons. The molecular weight excluding hydrogens is 426 g/mol. The molecule has 0 saturated carbocycles. The summed E-state index contributed by atoms with van der Waals surface area (Å²) in [6.45, 7) is 12.0. The lowest BCUT2D eigenvalue weighted by molar-refractivity contribution is 0.222. The predicted molar refractivity (Wildman–Crippen MR) is 126 cm³/mol. The zero-order valence-corrected chi connectivity index (χ0v) is 20.2. The summed E-state index contributed by atoms with van der Waals surface area (Å²) in [6, 6.07) is 5.55. The molecule has 0 N–H and O–H groups in total. The highest BCUT2D eigenvalue weighted by molar-refractivity contribution is 7.89. The van der Waals surface area contributed by atoms with Crippen molar-refractivity contribution < 1.29 is 8.42 Å². The molecule has 0 unspecified atom stereocenters. The number of aromatic nitrogens is 3. The lowest BCUT2D eigenvalue weighted by Crippen LogP contribution is -2.47. The smallest absolute Gasteiger partial charge is 0.244 e. The van der Waals surface area contributed by atoms with Gasteiger partial charge in [-0.25, -0.2) is 23.4 Å². The average molecular weight is 460 g/mol. The molecular formula is C22H33N7O2S. The number of piperazine rings is 2. The molecule has 10 heteroatoms. The molecule has 2 aromatic heterocycles. The monoisotopic (exact) mass is 459 g/mol. The molecule has 32 heavy (non-hydrogen) atoms. The highest BCUT2D eigenvalue weighted by Crippen LogP contribution is 2.22. The highest BCUT2D eigenvalue weighted by Gasteiger charge is 2.28. The molecule has 0 amide bonds. The van der Waals surface area contributed by atoms with Gasteiger partial charge in [0.25, 0.3) is 0 Å². The third-order valence-corrected chi connectivity index (χ3v) is 8.00. The zero-order valence-electron chi connectivity index (χ0n) is 19.4. The van der Waals surface area contributed by atoms with Gasteiger partial charge in [0, 0.05) is 76.2 Å². The molecule has 0 aliphatic carbocycles. The van der Waals surface area contributed by atoms with Crippen LogP contribution in [0.2, 0.25) is 0 Å². The Labute approximate surface area is 191 Å². The Bertz CT molecular complexity index is 1030. The summed E-state index contributed by atoms with van der Waals surface area (Å²) in [7, 11) is -1.48. The number of aryl methyl sites for hydroxylation is 1. The maximum Gasteiger partial charge on any atom is 0.244 e. The molecule has 9 nitrogen and oxygen atoms in total. The number of likely N-dealkylation sites (N-methyl/N-ethyl adjacent to an activating group) is 1. The quantitative estimate of drug-likeness (QED) is 0.666. The highest BCUT2D eigenvalue weighted by atomic mass is 32.2. The van der Waals surface area contributed by atoms with Crippen molar-refractivity contribution in [3.8, 4) is 0 Å². The van der Waals surface area contributed by atoms with Gasteiger partial charge < -0.3 is 14.7 Å². The lowest BCUT2D eigenvalue weighted by atomic mass is 10.2. The largest absolute Gasteiger partial charge is 0.353 e. The van der Waals surface area contributed by atoms with Crippen molar-refractivity contribution in [2.75, 3.05) is 69.2 Å². The van der Waals surface area contributed by atoms with E-state index in [1.165, 1.54) is 6.20 Å². The van der Waals surface area contributed by atoms with E-state index in [2.05, 4.69) is 38.5 Å². The minimum Gasteiger partial charge on any atom is -0.353 e. The number of hydrogen-bond acceptors (Lipinski definition) is 8. The average Bonchev–Trinajstić information content (AvgIpc) is 2.79. The number of hydrogen-bond donors (Lipinski definition) is 0. The molecule has 2 aliphatic heterocycles. The maximum atomic E-state index is 12.9. The second kappa shape index (κ2) is 9.29. The third-order valence-electron chi connectivity index (χ3n) is 6.12. The van der Waals surface area contributed by atoms with E-state index < -0.39 is 10.0 Å². The van der Waals surface area contributed by atoms with Crippen LogP contribution in [-0.4, -0.2) is 92.0 Å². The first-order chi connectivity index (χ1) is 15.2. The number of pyridine rings is 1. The first-order valence-corrected chi connectivity index (χ1v) is 12.7. The summed E-state index contributed by atoms with van der Waals surface area (Å²) in [6.07, 6.45) is 1.50. The van der Waals surface area contributed by atoms with Crippen molar-refractivity contribution >= 4 is 21.7 Å². The molecule has 4 rings (SSSR count). The van der Waals surface area contributed by atoms with E-state index in [-0.39, 0.29) is 4.90 Å². The van der Waals surface area contributed by atoms with E-state index >= 15 is 0 Å². The fourth-order valence-electron chi connectivity index (χ4n) is 4.05. The van der Waals surface area contributed by atoms with Crippen molar-refractivity contribution in [1.29, 1.82) is 0 Å². The Morgan fingerprint density at radius 3 is 2.06 bits per heavy atom. The number of nitrogens with zero attached hydrogens (tertiary/aromatic N) is 7. The van der Waals surface area contributed by atoms with E-state index in [0.717, 1.165) is 62.4 Å². The van der Waals surface area contributed by atoms with Crippen LogP contribution in [0.1, 0.15) is 31.3 Å². The van der Waals surface area contributed by atoms with Crippen LogP contribution in [-0.2, 0) is 10.0 Å². The third kappa shape index (κ3) is 4.87. The fourth-order valence-corrected chi connectivity index (χ4v) is 5.42. The normalized spacial score (nSPS) is 19.0. The van der Waals surface area contributed by atoms with Gasteiger partial charge in [0.15, 0.2) is 0 Å². The summed E-state index contributed by atoms with van der Waals surface area (Å²) in [5.74, 6) is 2.95. The van der Waals surface area contributed by atoms with Gasteiger partial charge in [-0.3, -0.25) is 0 Å². The molecule has 2 aliphatic rings. The van der Waals surface area contributed by atoms with Gasteiger partial charge in [0.05, 0.1) is 0 Å². The van der Waals surface area contributed by atoms with Crippen LogP contribution >= 0.6 is 0 Å². The van der Waals surface area contributed by atoms with Crippen LogP contribution in [0.3, 0.4) is 0 Å². The molecule has 2 aromatic rings. The van der Waals surface area contributed by atoms with Gasteiger partial charge in [0.2, 0.25) is 10.0 Å². The first-order valence-electron chi connectivity index (χ1n) is 11.2. The van der Waals surface area contributed by atoms with E-state index in [0.29, 0.717) is 19.0 Å². The van der Waals surface area contributed by atoms with Gasteiger partial charge in [-0.2, -0.15) is 4.31 Å². The standard InChI is InChI=1S/C22H33N7O2S/c1-17(2)22-24-18(3)15-21(25-22)28-11-9-27(10-12-28)20-6-5-19(16-23-20)32(30,31)29-13-7-26(4)8-14-29/h5-6,15-17H,7-14H2,1-4H3. The second-order valence-corrected chi connectivity index (χ2v) is 10.9. The Kier molecular flexibility index (Phi) is 6.64. The number of sulfonamides is 1. The van der Waals surface area contributed by atoms with Gasteiger partial charge in [0.1, 0.15) is 22.4 Å². The molecule has 0 atom stereocenters. The lowest BCUT2D eigenvalue weighted by Gasteiger charge is -2.36. The van der Waals surface area contributed by atoms with Gasteiger partial charge >= 0.3 is 0 Å². The Balaban J connectivity index is 1.40. The fraction of sp³-hybridized carbons (Fsp3) is 0.591. The number of anilines is 2. The summed E-state index contributed by atoms with van der Waals surface area (Å²) in [4.78, 5) is 20.7. The van der Waals surface area contributed by atoms with Crippen molar-refractivity contribution in [1.82, 2.24) is 24.2 Å². The molecule has 0 spiro atoms. The topological polar surface area (TPSA) is 85.8 Å². The molecule has 0 bridgehead atoms. The van der Waals surface area contributed by atoms with Crippen LogP contribution in [0.4, 0.5) is 11.6 Å². The predicted octanol–water partition coefficient (Wildman–Crippen LogP) is 1.57. The van der Waals surface area contributed by atoms with Crippen LogP contribution in [0.5, 0.6) is 0 Å². The van der Waals surface area contributed by atoms with Crippen molar-refractivity contribution in [3.63, 3.8) is 0 Å². The van der Waals surface area contributed by atoms with Crippen LogP contribution in [0.25, 0.3) is 0 Å². The van der Waals surface area contributed by atoms with Crippen molar-refractivity contribution in [2.24, 2.45) is 0 Å². The van der Waals surface area contributed by atoms with Crippen molar-refractivity contribution in [2.45, 2.75) is 31.6 Å². The summed E-state index contributed by atoms with van der Waals surface area (Å²) >= 11 is 0. The summed E-state index contributed by atoms with van der Waals surface area (Å²) < 4.78 is 27.4. The molecule has 4 heterocycles. The Morgan fingerprint density at radius 1 is 0.875 bits per heavy atom. The molecule has 0 aromatic carbocycles. The minimum atomic E-state index is -3.49. The van der Waals surface area contributed by atoms with Gasteiger partial charge in [-0.1, -0.05) is 13.8 Å². The minimum absolute atomic E-state index is 0.266. The SMILES string of the molecule is Cc1cc(N2CCN(c3ccc(S(=O)(=O)N4CCN(C)CC4)cn3)CC2)nc(C(C)C)n1. The van der Waals surface area contributed by atoms with Crippen LogP contribution in [0.15, 0.2) is 29.3 Å². The number of rotatable bonds is 5. The second-order valence-electron chi connectivity index (χ2n) is 8.91. The van der Waals surface area contributed by atoms with Crippen LogP contribution < -0.4 is 9.80 Å². The molecule has 2 fully saturated rings. The van der Waals surface area contributed by atoms with E-state index in [9.17, 15) is 8.42 Å². The van der Waals surface area contributed by atoms with E-state index in [4.69, 9.17) is 4.98 Å². The first kappa shape index (κ1) is 22.9. The molecule has 2 saturated heterocycles. The van der Waals surface area contributed by atoms with E-state index in [1.54, 1.807) is 10.4 Å². The Hall–Kier alpha value is -2.30. The zero-order chi connectivity index (χ0) is 22.9. The van der Waals surface area contributed by atoms with Gasteiger partial charge in [-0.05, 0) is 26.1 Å². The summed E-state index contributed by atoms with van der Waals surface area (Å²) in [5.41, 5.74) is 0.986. The van der Waals surface area contributed by atoms with Crippen LogP contribution in [0, 0.1) is 6.92 Å². The summed E-state index contributed by atoms with van der Waals surface area (Å²) in [5, 5.41) is 0. The van der Waals surface area contributed by atoms with Gasteiger partial charge in [-0.15, -0.1) is 0 Å². The maximum absolute atomic E-state index is 12.9. The molecule has 0 radical (unpaired) electrons. The van der Waals surface area contributed by atoms with Crippen molar-refractivity contribution in [3.05, 3.63) is 35.9 Å².